The van der Waals surface area contributed by atoms with E-state index in [1.54, 1.807) is 14.2 Å². The van der Waals surface area contributed by atoms with Gasteiger partial charge in [-0.1, -0.05) is 73.3 Å². The topological polar surface area (TPSA) is 18.5 Å². The van der Waals surface area contributed by atoms with E-state index in [0.29, 0.717) is 5.92 Å². The number of allylic oxidation sites excluding steroid dienone is 2. The van der Waals surface area contributed by atoms with Crippen molar-refractivity contribution in [1.29, 1.82) is 0 Å². The Hall–Kier alpha value is -1.44. The Bertz CT molecular complexity index is 746. The van der Waals surface area contributed by atoms with Gasteiger partial charge in [-0.3, -0.25) is 0 Å². The van der Waals surface area contributed by atoms with Crippen molar-refractivity contribution in [1.82, 2.24) is 0 Å². The molecule has 2 atom stereocenters. The van der Waals surface area contributed by atoms with Crippen LogP contribution in [-0.2, 0) is 5.41 Å². The van der Waals surface area contributed by atoms with Crippen molar-refractivity contribution >= 4 is 5.57 Å². The maximum atomic E-state index is 5.97. The largest absolute Gasteiger partial charge is 0.496 e. The van der Waals surface area contributed by atoms with Gasteiger partial charge in [-0.15, -0.1) is 0 Å². The molecule has 2 nitrogen and oxygen atoms in total. The molecule has 0 radical (unpaired) electrons. The number of fused-ring (bicyclic) bond motifs is 2. The second kappa shape index (κ2) is 8.00. The van der Waals surface area contributed by atoms with Gasteiger partial charge in [0.15, 0.2) is 0 Å². The van der Waals surface area contributed by atoms with Crippen molar-refractivity contribution in [3.05, 3.63) is 29.3 Å². The fourth-order valence-electron chi connectivity index (χ4n) is 5.74. The molecule has 0 heterocycles. The Balaban J connectivity index is 1.99. The smallest absolute Gasteiger partial charge is 0.130 e. The summed E-state index contributed by atoms with van der Waals surface area (Å²) in [5.41, 5.74) is 4.60. The second-order valence-corrected chi connectivity index (χ2v) is 10.8. The van der Waals surface area contributed by atoms with Crippen LogP contribution >= 0.6 is 0 Å². The van der Waals surface area contributed by atoms with Gasteiger partial charge in [-0.2, -0.15) is 0 Å². The van der Waals surface area contributed by atoms with Gasteiger partial charge < -0.3 is 9.47 Å². The first-order valence-electron chi connectivity index (χ1n) is 11.6. The molecule has 1 aromatic rings. The lowest BCUT2D eigenvalue weighted by atomic mass is 9.70. The third kappa shape index (κ3) is 3.73. The summed E-state index contributed by atoms with van der Waals surface area (Å²) in [6, 6.07) is 4.56. The van der Waals surface area contributed by atoms with Gasteiger partial charge in [0.2, 0.25) is 0 Å². The first-order valence-corrected chi connectivity index (χ1v) is 11.6. The van der Waals surface area contributed by atoms with Crippen LogP contribution in [0.1, 0.15) is 97.6 Å². The van der Waals surface area contributed by atoms with Crippen LogP contribution in [0, 0.1) is 16.7 Å². The zero-order valence-electron chi connectivity index (χ0n) is 20.1. The molecule has 0 spiro atoms. The lowest BCUT2D eigenvalue weighted by Gasteiger charge is -2.34. The molecule has 0 aromatic heterocycles. The van der Waals surface area contributed by atoms with Crippen LogP contribution in [-0.4, -0.2) is 14.2 Å². The van der Waals surface area contributed by atoms with Crippen LogP contribution in [0.15, 0.2) is 18.2 Å². The van der Waals surface area contributed by atoms with E-state index in [9.17, 15) is 0 Å². The van der Waals surface area contributed by atoms with Gasteiger partial charge in [0.05, 0.1) is 19.8 Å². The highest BCUT2D eigenvalue weighted by atomic mass is 16.5. The summed E-state index contributed by atoms with van der Waals surface area (Å²) in [6.45, 7) is 14.3. The monoisotopic (exact) mass is 398 g/mol. The normalized spacial score (nSPS) is 25.2. The Morgan fingerprint density at radius 3 is 2.07 bits per heavy atom. The van der Waals surface area contributed by atoms with E-state index in [1.165, 1.54) is 61.6 Å². The Morgan fingerprint density at radius 2 is 1.62 bits per heavy atom. The number of hydrogen-bond donors (Lipinski definition) is 0. The summed E-state index contributed by atoms with van der Waals surface area (Å²) < 4.78 is 11.9. The van der Waals surface area contributed by atoms with E-state index >= 15 is 0 Å². The van der Waals surface area contributed by atoms with E-state index in [4.69, 9.17) is 9.47 Å². The molecule has 2 bridgehead atoms. The SMILES string of the molecule is CCCCCCC(C)(C)c1cc(OC)c(C2=C[C@@]3(C)CC[C@@H]2C3(C)C)c(OC)c1. The average molecular weight is 399 g/mol. The summed E-state index contributed by atoms with van der Waals surface area (Å²) >= 11 is 0. The molecule has 1 aromatic carbocycles. The van der Waals surface area contributed by atoms with Crippen molar-refractivity contribution in [3.8, 4) is 11.5 Å². The maximum absolute atomic E-state index is 5.97. The van der Waals surface area contributed by atoms with Crippen LogP contribution < -0.4 is 9.47 Å². The molecule has 2 heteroatoms. The van der Waals surface area contributed by atoms with Crippen molar-refractivity contribution in [3.63, 3.8) is 0 Å². The standard InChI is InChI=1S/C27H42O2/c1-9-10-11-12-14-25(2,3)19-16-22(28-7)24(23(17-19)29-8)20-18-27(6)15-13-21(20)26(27,4)5/h16-18,21H,9-15H2,1-8H3/t21-,27+/m0/s1. The maximum Gasteiger partial charge on any atom is 0.130 e. The molecule has 0 saturated heterocycles. The molecule has 0 aliphatic heterocycles. The van der Waals surface area contributed by atoms with Gasteiger partial charge in [-0.05, 0) is 64.7 Å². The molecule has 29 heavy (non-hydrogen) atoms. The minimum Gasteiger partial charge on any atom is -0.496 e. The number of ether oxygens (including phenoxy) is 2. The number of rotatable bonds is 9. The highest BCUT2D eigenvalue weighted by Crippen LogP contribution is 2.67. The lowest BCUT2D eigenvalue weighted by Crippen LogP contribution is -2.27. The Kier molecular flexibility index (Phi) is 6.14. The summed E-state index contributed by atoms with van der Waals surface area (Å²) in [5, 5.41) is 0. The summed E-state index contributed by atoms with van der Waals surface area (Å²) in [7, 11) is 3.61. The Labute approximate surface area is 179 Å². The first kappa shape index (κ1) is 22.2. The van der Waals surface area contributed by atoms with Crippen LogP contribution in [0.4, 0.5) is 0 Å². The number of benzene rings is 1. The summed E-state index contributed by atoms with van der Waals surface area (Å²) in [6.07, 6.45) is 11.4. The molecule has 2 aliphatic carbocycles. The lowest BCUT2D eigenvalue weighted by molar-refractivity contribution is 0.183. The average Bonchev–Trinajstić information content (AvgIpc) is 3.03. The molecule has 0 amide bonds. The third-order valence-corrected chi connectivity index (χ3v) is 8.38. The van der Waals surface area contributed by atoms with Gasteiger partial charge in [0.1, 0.15) is 11.5 Å². The minimum absolute atomic E-state index is 0.112. The number of methoxy groups -OCH3 is 2. The molecule has 0 unspecified atom stereocenters. The predicted molar refractivity (Wildman–Crippen MR) is 124 cm³/mol. The highest BCUT2D eigenvalue weighted by molar-refractivity contribution is 5.81. The quantitative estimate of drug-likeness (QED) is 0.395. The third-order valence-electron chi connectivity index (χ3n) is 8.38. The van der Waals surface area contributed by atoms with Crippen LogP contribution in [0.2, 0.25) is 0 Å². The minimum atomic E-state index is 0.112. The summed E-state index contributed by atoms with van der Waals surface area (Å²) in [5.74, 6) is 2.52. The van der Waals surface area contributed by atoms with Crippen molar-refractivity contribution in [2.75, 3.05) is 14.2 Å². The van der Waals surface area contributed by atoms with Crippen molar-refractivity contribution in [2.45, 2.75) is 91.9 Å². The second-order valence-electron chi connectivity index (χ2n) is 10.8. The summed E-state index contributed by atoms with van der Waals surface area (Å²) in [4.78, 5) is 0. The molecule has 2 aliphatic rings. The zero-order chi connectivity index (χ0) is 21.4. The molecule has 1 saturated carbocycles. The fourth-order valence-corrected chi connectivity index (χ4v) is 5.74. The molecule has 0 N–H and O–H groups in total. The number of unbranched alkanes of at least 4 members (excludes halogenated alkanes) is 3. The van der Waals surface area contributed by atoms with Crippen LogP contribution in [0.25, 0.3) is 5.57 Å². The van der Waals surface area contributed by atoms with E-state index in [1.807, 2.05) is 0 Å². The van der Waals surface area contributed by atoms with Gasteiger partial charge in [0, 0.05) is 0 Å². The van der Waals surface area contributed by atoms with Gasteiger partial charge in [-0.25, -0.2) is 0 Å². The zero-order valence-corrected chi connectivity index (χ0v) is 20.1. The van der Waals surface area contributed by atoms with Crippen molar-refractivity contribution < 1.29 is 9.47 Å². The fraction of sp³-hybridized carbons (Fsp3) is 0.704. The van der Waals surface area contributed by atoms with E-state index < -0.39 is 0 Å². The van der Waals surface area contributed by atoms with E-state index in [0.717, 1.165) is 11.5 Å². The Morgan fingerprint density at radius 1 is 1.00 bits per heavy atom. The molecule has 162 valence electrons. The van der Waals surface area contributed by atoms with Gasteiger partial charge in [0.25, 0.3) is 0 Å². The molecular formula is C27H42O2. The van der Waals surface area contributed by atoms with Gasteiger partial charge >= 0.3 is 0 Å². The molecular weight excluding hydrogens is 356 g/mol. The van der Waals surface area contributed by atoms with E-state index in [2.05, 4.69) is 59.8 Å². The number of hydrogen-bond acceptors (Lipinski definition) is 2. The molecule has 1 fully saturated rings. The van der Waals surface area contributed by atoms with Crippen LogP contribution in [0.3, 0.4) is 0 Å². The first-order chi connectivity index (χ1) is 13.6. The van der Waals surface area contributed by atoms with Crippen molar-refractivity contribution in [2.24, 2.45) is 16.7 Å². The van der Waals surface area contributed by atoms with E-state index in [-0.39, 0.29) is 16.2 Å². The molecule has 3 rings (SSSR count). The predicted octanol–water partition coefficient (Wildman–Crippen LogP) is 7.79. The van der Waals surface area contributed by atoms with Crippen LogP contribution in [0.5, 0.6) is 11.5 Å². The highest BCUT2D eigenvalue weighted by Gasteiger charge is 2.56.